The summed E-state index contributed by atoms with van der Waals surface area (Å²) in [6.45, 7) is 0. The Bertz CT molecular complexity index is 201. The molecule has 2 heteroatoms. The van der Waals surface area contributed by atoms with Crippen molar-refractivity contribution in [3.8, 4) is 0 Å². The lowest BCUT2D eigenvalue weighted by Crippen LogP contribution is -2.10. The first-order chi connectivity index (χ1) is 4.88. The van der Waals surface area contributed by atoms with Crippen molar-refractivity contribution in [2.75, 3.05) is 0 Å². The molecule has 1 aliphatic rings. The summed E-state index contributed by atoms with van der Waals surface area (Å²) in [6.07, 6.45) is 4.21. The van der Waals surface area contributed by atoms with Crippen LogP contribution in [-0.4, -0.2) is 0 Å². The number of rotatable bonds is 2. The molecule has 0 unspecified atom stereocenters. The summed E-state index contributed by atoms with van der Waals surface area (Å²) in [5.74, 6) is 1.62. The summed E-state index contributed by atoms with van der Waals surface area (Å²) in [7, 11) is 0. The van der Waals surface area contributed by atoms with Crippen molar-refractivity contribution >= 4 is 0 Å². The largest absolute Gasteiger partial charge is 0.468 e. The Morgan fingerprint density at radius 1 is 1.60 bits per heavy atom. The van der Waals surface area contributed by atoms with Crippen LogP contribution in [0.2, 0.25) is 0 Å². The predicted molar refractivity (Wildman–Crippen MR) is 38.4 cm³/mol. The lowest BCUT2D eigenvalue weighted by molar-refractivity contribution is 0.443. The summed E-state index contributed by atoms with van der Waals surface area (Å²) in [6, 6.07) is 3.98. The zero-order chi connectivity index (χ0) is 6.97. The Kier molecular flexibility index (Phi) is 1.27. The van der Waals surface area contributed by atoms with Crippen LogP contribution in [0.25, 0.3) is 0 Å². The molecule has 2 nitrogen and oxygen atoms in total. The van der Waals surface area contributed by atoms with Crippen molar-refractivity contribution in [1.29, 1.82) is 0 Å². The molecule has 0 aromatic carbocycles. The highest BCUT2D eigenvalue weighted by Gasteiger charge is 2.30. The maximum Gasteiger partial charge on any atom is 0.120 e. The number of hydrogen-bond donors (Lipinski definition) is 1. The van der Waals surface area contributed by atoms with Gasteiger partial charge in [0.1, 0.15) is 5.76 Å². The van der Waals surface area contributed by atoms with Gasteiger partial charge in [-0.1, -0.05) is 0 Å². The minimum absolute atomic E-state index is 0.148. The standard InChI is InChI=1S/C8H11NO/c9-8(6-3-4-6)7-2-1-5-10-7/h1-2,5-6,8H,3-4,9H2/t8-/m1/s1. The molecule has 0 radical (unpaired) electrons. The van der Waals surface area contributed by atoms with Crippen LogP contribution >= 0.6 is 0 Å². The molecule has 0 bridgehead atoms. The molecule has 1 heterocycles. The molecule has 0 aliphatic heterocycles. The van der Waals surface area contributed by atoms with E-state index in [1.165, 1.54) is 12.8 Å². The zero-order valence-electron chi connectivity index (χ0n) is 5.79. The second kappa shape index (κ2) is 2.13. The minimum Gasteiger partial charge on any atom is -0.468 e. The maximum atomic E-state index is 5.85. The first-order valence-electron chi connectivity index (χ1n) is 3.67. The fraction of sp³-hybridized carbons (Fsp3) is 0.500. The molecule has 54 valence electrons. The van der Waals surface area contributed by atoms with Crippen LogP contribution in [0.5, 0.6) is 0 Å². The van der Waals surface area contributed by atoms with E-state index in [9.17, 15) is 0 Å². The van der Waals surface area contributed by atoms with E-state index in [4.69, 9.17) is 10.2 Å². The maximum absolute atomic E-state index is 5.85. The quantitative estimate of drug-likeness (QED) is 0.673. The van der Waals surface area contributed by atoms with Crippen molar-refractivity contribution in [3.63, 3.8) is 0 Å². The Balaban J connectivity index is 2.11. The van der Waals surface area contributed by atoms with Gasteiger partial charge in [-0.2, -0.15) is 0 Å². The van der Waals surface area contributed by atoms with Crippen LogP contribution in [0.1, 0.15) is 24.6 Å². The van der Waals surface area contributed by atoms with E-state index in [1.54, 1.807) is 6.26 Å². The van der Waals surface area contributed by atoms with E-state index in [-0.39, 0.29) is 6.04 Å². The fourth-order valence-corrected chi connectivity index (χ4v) is 1.17. The van der Waals surface area contributed by atoms with E-state index in [2.05, 4.69) is 0 Å². The van der Waals surface area contributed by atoms with E-state index in [0.717, 1.165) is 5.76 Å². The van der Waals surface area contributed by atoms with Gasteiger partial charge in [0, 0.05) is 0 Å². The lowest BCUT2D eigenvalue weighted by Gasteiger charge is -2.04. The first-order valence-corrected chi connectivity index (χ1v) is 3.67. The lowest BCUT2D eigenvalue weighted by atomic mass is 10.1. The molecule has 1 aliphatic carbocycles. The molecule has 10 heavy (non-hydrogen) atoms. The average Bonchev–Trinajstić information content (AvgIpc) is 2.65. The normalized spacial score (nSPS) is 20.9. The fourth-order valence-electron chi connectivity index (χ4n) is 1.17. The van der Waals surface area contributed by atoms with Crippen molar-refractivity contribution in [2.24, 2.45) is 11.7 Å². The Hall–Kier alpha value is -0.760. The summed E-state index contributed by atoms with van der Waals surface area (Å²) in [4.78, 5) is 0. The Labute approximate surface area is 60.0 Å². The van der Waals surface area contributed by atoms with Crippen molar-refractivity contribution < 1.29 is 4.42 Å². The van der Waals surface area contributed by atoms with Crippen LogP contribution in [0.4, 0.5) is 0 Å². The number of hydrogen-bond acceptors (Lipinski definition) is 2. The third-order valence-corrected chi connectivity index (χ3v) is 2.00. The summed E-state index contributed by atoms with van der Waals surface area (Å²) >= 11 is 0. The Morgan fingerprint density at radius 2 is 2.40 bits per heavy atom. The third-order valence-electron chi connectivity index (χ3n) is 2.00. The molecule has 0 spiro atoms. The van der Waals surface area contributed by atoms with Gasteiger partial charge in [0.05, 0.1) is 12.3 Å². The highest BCUT2D eigenvalue weighted by atomic mass is 16.3. The molecule has 1 saturated carbocycles. The second-order valence-electron chi connectivity index (χ2n) is 2.88. The van der Waals surface area contributed by atoms with E-state index < -0.39 is 0 Å². The summed E-state index contributed by atoms with van der Waals surface area (Å²) < 4.78 is 5.17. The smallest absolute Gasteiger partial charge is 0.120 e. The van der Waals surface area contributed by atoms with Crippen LogP contribution in [0.15, 0.2) is 22.8 Å². The predicted octanol–water partition coefficient (Wildman–Crippen LogP) is 1.69. The average molecular weight is 137 g/mol. The van der Waals surface area contributed by atoms with Gasteiger partial charge in [0.15, 0.2) is 0 Å². The topological polar surface area (TPSA) is 39.2 Å². The van der Waals surface area contributed by atoms with Crippen molar-refractivity contribution in [2.45, 2.75) is 18.9 Å². The van der Waals surface area contributed by atoms with Gasteiger partial charge in [-0.15, -0.1) is 0 Å². The van der Waals surface area contributed by atoms with Gasteiger partial charge < -0.3 is 10.2 Å². The van der Waals surface area contributed by atoms with Gasteiger partial charge in [0.2, 0.25) is 0 Å². The molecule has 1 fully saturated rings. The monoisotopic (exact) mass is 137 g/mol. The molecule has 1 aromatic heterocycles. The number of furan rings is 1. The highest BCUT2D eigenvalue weighted by molar-refractivity contribution is 5.07. The van der Waals surface area contributed by atoms with E-state index in [1.807, 2.05) is 12.1 Å². The summed E-state index contributed by atoms with van der Waals surface area (Å²) in [5.41, 5.74) is 5.85. The second-order valence-corrected chi connectivity index (χ2v) is 2.88. The van der Waals surface area contributed by atoms with Crippen LogP contribution in [-0.2, 0) is 0 Å². The zero-order valence-corrected chi connectivity index (χ0v) is 5.79. The van der Waals surface area contributed by atoms with E-state index >= 15 is 0 Å². The van der Waals surface area contributed by atoms with Crippen molar-refractivity contribution in [1.82, 2.24) is 0 Å². The summed E-state index contributed by atoms with van der Waals surface area (Å²) in [5, 5.41) is 0. The van der Waals surface area contributed by atoms with Crippen molar-refractivity contribution in [3.05, 3.63) is 24.2 Å². The number of nitrogens with two attached hydrogens (primary N) is 1. The third kappa shape index (κ3) is 0.948. The molecule has 1 aromatic rings. The highest BCUT2D eigenvalue weighted by Crippen LogP contribution is 2.39. The van der Waals surface area contributed by atoms with Gasteiger partial charge in [-0.3, -0.25) is 0 Å². The molecule has 1 atom stereocenters. The van der Waals surface area contributed by atoms with E-state index in [0.29, 0.717) is 5.92 Å². The molecule has 2 N–H and O–H groups in total. The molecular formula is C8H11NO. The molecule has 0 amide bonds. The molecule has 0 saturated heterocycles. The Morgan fingerprint density at radius 3 is 2.90 bits per heavy atom. The first kappa shape index (κ1) is 5.98. The van der Waals surface area contributed by atoms with Crippen LogP contribution < -0.4 is 5.73 Å². The van der Waals surface area contributed by atoms with Gasteiger partial charge in [-0.05, 0) is 30.9 Å². The minimum atomic E-state index is 0.148. The van der Waals surface area contributed by atoms with Gasteiger partial charge >= 0.3 is 0 Å². The SMILES string of the molecule is N[C@@H](c1ccco1)C1CC1. The van der Waals surface area contributed by atoms with Crippen LogP contribution in [0, 0.1) is 5.92 Å². The molecular weight excluding hydrogens is 126 g/mol. The van der Waals surface area contributed by atoms with Gasteiger partial charge in [0.25, 0.3) is 0 Å². The van der Waals surface area contributed by atoms with Crippen LogP contribution in [0.3, 0.4) is 0 Å². The van der Waals surface area contributed by atoms with Gasteiger partial charge in [-0.25, -0.2) is 0 Å². The molecule has 2 rings (SSSR count).